The third-order valence-electron chi connectivity index (χ3n) is 12.6. The fourth-order valence-corrected chi connectivity index (χ4v) is 8.21. The third kappa shape index (κ3) is 52.3. The van der Waals surface area contributed by atoms with E-state index in [1.807, 2.05) is 0 Å². The lowest BCUT2D eigenvalue weighted by Crippen LogP contribution is -2.30. The first-order valence-corrected chi connectivity index (χ1v) is 28.6. The lowest BCUT2D eigenvalue weighted by atomic mass is 10.0. The van der Waals surface area contributed by atoms with E-state index in [0.29, 0.717) is 19.3 Å². The maximum Gasteiger partial charge on any atom is 0.306 e. The summed E-state index contributed by atoms with van der Waals surface area (Å²) < 4.78 is 16.9. The molecule has 0 aliphatic rings. The minimum absolute atomic E-state index is 0.0779. The molecule has 0 aliphatic carbocycles. The summed E-state index contributed by atoms with van der Waals surface area (Å²) in [5, 5.41) is 0. The molecule has 0 aromatic carbocycles. The van der Waals surface area contributed by atoms with Gasteiger partial charge in [0.05, 0.1) is 0 Å². The van der Waals surface area contributed by atoms with E-state index in [0.717, 1.165) is 83.5 Å². The summed E-state index contributed by atoms with van der Waals surface area (Å²) in [4.78, 5) is 38.1. The number of allylic oxidation sites excluding steroid dienone is 8. The van der Waals surface area contributed by atoms with Crippen molar-refractivity contribution >= 4 is 17.9 Å². The largest absolute Gasteiger partial charge is 0.462 e. The second kappa shape index (κ2) is 55.0. The van der Waals surface area contributed by atoms with Crippen LogP contribution < -0.4 is 0 Å². The molecule has 384 valence electrons. The molecule has 0 fully saturated rings. The topological polar surface area (TPSA) is 78.9 Å². The van der Waals surface area contributed by atoms with E-state index in [-0.39, 0.29) is 31.1 Å². The highest BCUT2D eigenvalue weighted by atomic mass is 16.6. The van der Waals surface area contributed by atoms with Crippen LogP contribution >= 0.6 is 0 Å². The van der Waals surface area contributed by atoms with E-state index < -0.39 is 6.10 Å². The van der Waals surface area contributed by atoms with Crippen molar-refractivity contribution in [1.82, 2.24) is 0 Å². The van der Waals surface area contributed by atoms with Crippen LogP contribution in [-0.2, 0) is 28.6 Å². The summed E-state index contributed by atoms with van der Waals surface area (Å²) in [6.07, 6.45) is 66.6. The second-order valence-electron chi connectivity index (χ2n) is 19.2. The Kier molecular flexibility index (Phi) is 52.8. The SMILES string of the molecule is CCCCC/C=C\C/C=C\C/C=C\CCCCCCCCC(=O)OC[C@@H](COC(=O)CCCCCCCCCCCCCCC)OC(=O)CCCCCCC/C=C\CCCCCCCCC. The first kappa shape index (κ1) is 63.4. The van der Waals surface area contributed by atoms with Crippen molar-refractivity contribution in [3.05, 3.63) is 48.6 Å². The molecule has 0 rings (SSSR count). The quantitative estimate of drug-likeness (QED) is 0.0262. The molecule has 0 bridgehead atoms. The summed E-state index contributed by atoms with van der Waals surface area (Å²) in [5.74, 6) is -0.886. The fourth-order valence-electron chi connectivity index (χ4n) is 8.21. The summed E-state index contributed by atoms with van der Waals surface area (Å²) in [7, 11) is 0. The lowest BCUT2D eigenvalue weighted by molar-refractivity contribution is -0.167. The molecular weight excluding hydrogens is 817 g/mol. The minimum Gasteiger partial charge on any atom is -0.462 e. The van der Waals surface area contributed by atoms with Crippen LogP contribution in [0.1, 0.15) is 297 Å². The van der Waals surface area contributed by atoms with Gasteiger partial charge in [0.15, 0.2) is 6.10 Å². The number of carbonyl (C=O) groups is 3. The molecule has 0 saturated heterocycles. The molecule has 66 heavy (non-hydrogen) atoms. The molecule has 0 heterocycles. The van der Waals surface area contributed by atoms with E-state index in [1.54, 1.807) is 0 Å². The van der Waals surface area contributed by atoms with Crippen LogP contribution in [0.15, 0.2) is 48.6 Å². The highest BCUT2D eigenvalue weighted by Crippen LogP contribution is 2.16. The smallest absolute Gasteiger partial charge is 0.306 e. The Balaban J connectivity index is 4.38. The van der Waals surface area contributed by atoms with Gasteiger partial charge in [-0.25, -0.2) is 0 Å². The average molecular weight is 926 g/mol. The van der Waals surface area contributed by atoms with Gasteiger partial charge < -0.3 is 14.2 Å². The summed E-state index contributed by atoms with van der Waals surface area (Å²) in [6, 6.07) is 0. The maximum atomic E-state index is 12.8. The van der Waals surface area contributed by atoms with Crippen LogP contribution in [0.2, 0.25) is 0 Å². The van der Waals surface area contributed by atoms with Crippen LogP contribution in [-0.4, -0.2) is 37.2 Å². The Morgan fingerprint density at radius 3 is 0.894 bits per heavy atom. The zero-order valence-corrected chi connectivity index (χ0v) is 44.0. The van der Waals surface area contributed by atoms with Crippen LogP contribution in [0, 0.1) is 0 Å². The van der Waals surface area contributed by atoms with Crippen LogP contribution in [0.5, 0.6) is 0 Å². The zero-order chi connectivity index (χ0) is 47.9. The third-order valence-corrected chi connectivity index (χ3v) is 12.6. The van der Waals surface area contributed by atoms with Gasteiger partial charge in [-0.15, -0.1) is 0 Å². The van der Waals surface area contributed by atoms with Gasteiger partial charge in [-0.05, 0) is 83.5 Å². The van der Waals surface area contributed by atoms with Crippen LogP contribution in [0.4, 0.5) is 0 Å². The first-order chi connectivity index (χ1) is 32.5. The number of unbranched alkanes of at least 4 members (excludes halogenated alkanes) is 33. The average Bonchev–Trinajstić information content (AvgIpc) is 3.31. The molecule has 0 spiro atoms. The Morgan fingerprint density at radius 1 is 0.303 bits per heavy atom. The van der Waals surface area contributed by atoms with Gasteiger partial charge in [-0.1, -0.05) is 243 Å². The van der Waals surface area contributed by atoms with E-state index in [9.17, 15) is 14.4 Å². The fraction of sp³-hybridized carbons (Fsp3) is 0.817. The molecule has 1 atom stereocenters. The van der Waals surface area contributed by atoms with Gasteiger partial charge in [-0.3, -0.25) is 14.4 Å². The summed E-state index contributed by atoms with van der Waals surface area (Å²) in [6.45, 7) is 6.62. The molecule has 0 radical (unpaired) electrons. The molecule has 0 aromatic rings. The Labute approximate surface area is 409 Å². The minimum atomic E-state index is -0.780. The van der Waals surface area contributed by atoms with Crippen molar-refractivity contribution in [3.8, 4) is 0 Å². The van der Waals surface area contributed by atoms with Crippen molar-refractivity contribution in [3.63, 3.8) is 0 Å². The Hall–Kier alpha value is -2.63. The molecule has 6 heteroatoms. The van der Waals surface area contributed by atoms with Crippen molar-refractivity contribution in [2.75, 3.05) is 13.2 Å². The molecule has 0 saturated carbocycles. The van der Waals surface area contributed by atoms with Crippen molar-refractivity contribution in [1.29, 1.82) is 0 Å². The van der Waals surface area contributed by atoms with Gasteiger partial charge >= 0.3 is 17.9 Å². The molecule has 0 amide bonds. The van der Waals surface area contributed by atoms with Crippen molar-refractivity contribution < 1.29 is 28.6 Å². The van der Waals surface area contributed by atoms with Gasteiger partial charge in [0.25, 0.3) is 0 Å². The van der Waals surface area contributed by atoms with Crippen molar-refractivity contribution in [2.45, 2.75) is 303 Å². The first-order valence-electron chi connectivity index (χ1n) is 28.6. The number of hydrogen-bond acceptors (Lipinski definition) is 6. The predicted octanol–water partition coefficient (Wildman–Crippen LogP) is 19.0. The molecule has 0 aliphatic heterocycles. The van der Waals surface area contributed by atoms with Crippen LogP contribution in [0.3, 0.4) is 0 Å². The molecule has 0 unspecified atom stereocenters. The molecule has 6 nitrogen and oxygen atoms in total. The highest BCUT2D eigenvalue weighted by Gasteiger charge is 2.19. The zero-order valence-electron chi connectivity index (χ0n) is 44.0. The molecule has 0 N–H and O–H groups in total. The summed E-state index contributed by atoms with van der Waals surface area (Å²) >= 11 is 0. The number of esters is 3. The number of hydrogen-bond donors (Lipinski definition) is 0. The maximum absolute atomic E-state index is 12.8. The normalized spacial score (nSPS) is 12.3. The van der Waals surface area contributed by atoms with E-state index in [4.69, 9.17) is 14.2 Å². The summed E-state index contributed by atoms with van der Waals surface area (Å²) in [5.41, 5.74) is 0. The van der Waals surface area contributed by atoms with Crippen LogP contribution in [0.25, 0.3) is 0 Å². The van der Waals surface area contributed by atoms with E-state index in [1.165, 1.54) is 173 Å². The number of carbonyl (C=O) groups excluding carboxylic acids is 3. The van der Waals surface area contributed by atoms with Crippen molar-refractivity contribution in [2.24, 2.45) is 0 Å². The van der Waals surface area contributed by atoms with Gasteiger partial charge in [-0.2, -0.15) is 0 Å². The number of ether oxygens (including phenoxy) is 3. The Morgan fingerprint density at radius 2 is 0.545 bits per heavy atom. The van der Waals surface area contributed by atoms with Gasteiger partial charge in [0.2, 0.25) is 0 Å². The Bertz CT molecular complexity index is 1150. The predicted molar refractivity (Wildman–Crippen MR) is 284 cm³/mol. The van der Waals surface area contributed by atoms with E-state index >= 15 is 0 Å². The van der Waals surface area contributed by atoms with Gasteiger partial charge in [0, 0.05) is 19.3 Å². The van der Waals surface area contributed by atoms with Gasteiger partial charge in [0.1, 0.15) is 13.2 Å². The highest BCUT2D eigenvalue weighted by molar-refractivity contribution is 5.71. The molecular formula is C60H108O6. The standard InChI is InChI=1S/C60H108O6/c1-4-7-10-13-16-19-22-25-27-29-30-31-33-35-38-41-44-47-50-53-59(62)65-56-57(55-64-58(61)52-49-46-43-40-37-34-24-21-18-15-12-9-6-3)66-60(63)54-51-48-45-42-39-36-32-28-26-23-20-17-14-11-8-5-2/h16,19,25,27-28,30-32,57H,4-15,17-18,20-24,26,29,33-56H2,1-3H3/b19-16-,27-25-,31-30-,32-28-/t57-/m1/s1. The van der Waals surface area contributed by atoms with E-state index in [2.05, 4.69) is 69.4 Å². The molecule has 0 aromatic heterocycles. The number of rotatable bonds is 52. The lowest BCUT2D eigenvalue weighted by Gasteiger charge is -2.18. The monoisotopic (exact) mass is 925 g/mol. The second-order valence-corrected chi connectivity index (χ2v) is 19.2.